The van der Waals surface area contributed by atoms with Crippen molar-refractivity contribution in [2.75, 3.05) is 11.1 Å². The van der Waals surface area contributed by atoms with E-state index in [0.717, 1.165) is 0 Å². The van der Waals surface area contributed by atoms with E-state index >= 15 is 0 Å². The Balaban J connectivity index is 1.12. The average molecular weight is 693 g/mol. The molecule has 6 aromatic rings. The highest BCUT2D eigenvalue weighted by atomic mass is 16.6. The predicted molar refractivity (Wildman–Crippen MR) is 184 cm³/mol. The summed E-state index contributed by atoms with van der Waals surface area (Å²) in [6, 6.07) is 26.5. The monoisotopic (exact) mass is 692 g/mol. The first kappa shape index (κ1) is 29.6. The maximum absolute atomic E-state index is 14.0. The molecule has 0 fully saturated rings. The van der Waals surface area contributed by atoms with Crippen molar-refractivity contribution in [2.24, 2.45) is 0 Å². The SMILES string of the molecule is Nc1c(Nc2cccc3c2C(=O)OC32c3ccc(O)cc3Oc3cc(O)ccc32)ccc2c1C(=O)OC21c2ccc(O)cc2Oc2cc(O)ccc21. The summed E-state index contributed by atoms with van der Waals surface area (Å²) < 4.78 is 24.6. The lowest BCUT2D eigenvalue weighted by Gasteiger charge is -2.36. The number of ether oxygens (including phenoxy) is 4. The molecular weight excluding hydrogens is 668 g/mol. The lowest BCUT2D eigenvalue weighted by atomic mass is 9.77. The Kier molecular flexibility index (Phi) is 5.62. The number of carbonyl (C=O) groups excluding carboxylic acids is 2. The van der Waals surface area contributed by atoms with Crippen LogP contribution in [0, 0.1) is 0 Å². The Labute approximate surface area is 293 Å². The van der Waals surface area contributed by atoms with Crippen molar-refractivity contribution in [1.82, 2.24) is 0 Å². The van der Waals surface area contributed by atoms with Crippen molar-refractivity contribution >= 4 is 29.0 Å². The summed E-state index contributed by atoms with van der Waals surface area (Å²) in [6.45, 7) is 0. The molecular formula is C40H24N2O10. The molecule has 254 valence electrons. The van der Waals surface area contributed by atoms with E-state index in [9.17, 15) is 30.0 Å². The molecule has 12 heteroatoms. The fourth-order valence-corrected chi connectivity index (χ4v) is 7.92. The minimum atomic E-state index is -1.51. The Morgan fingerprint density at radius 2 is 0.885 bits per heavy atom. The predicted octanol–water partition coefficient (Wildman–Crippen LogP) is 6.97. The second kappa shape index (κ2) is 9.88. The number of anilines is 3. The number of benzene rings is 6. The lowest BCUT2D eigenvalue weighted by molar-refractivity contribution is 0.0214. The Morgan fingerprint density at radius 1 is 0.481 bits per heavy atom. The van der Waals surface area contributed by atoms with Gasteiger partial charge in [-0.1, -0.05) is 18.2 Å². The summed E-state index contributed by atoms with van der Waals surface area (Å²) in [4.78, 5) is 27.8. The van der Waals surface area contributed by atoms with Gasteiger partial charge in [0.2, 0.25) is 0 Å². The van der Waals surface area contributed by atoms with E-state index < -0.39 is 23.1 Å². The van der Waals surface area contributed by atoms with Crippen molar-refractivity contribution in [3.63, 3.8) is 0 Å². The van der Waals surface area contributed by atoms with Gasteiger partial charge < -0.3 is 50.4 Å². The number of carbonyl (C=O) groups is 2. The molecule has 0 saturated heterocycles. The molecule has 7 N–H and O–H groups in total. The Bertz CT molecular complexity index is 2530. The van der Waals surface area contributed by atoms with Gasteiger partial charge in [-0.05, 0) is 60.7 Å². The number of hydrogen-bond acceptors (Lipinski definition) is 12. The number of nitrogens with two attached hydrogens (primary N) is 1. The summed E-state index contributed by atoms with van der Waals surface area (Å²) in [5.74, 6) is -0.678. The van der Waals surface area contributed by atoms with Crippen molar-refractivity contribution in [1.29, 1.82) is 0 Å². The maximum atomic E-state index is 14.0. The summed E-state index contributed by atoms with van der Waals surface area (Å²) in [5, 5.41) is 44.3. The van der Waals surface area contributed by atoms with Gasteiger partial charge in [0.05, 0.1) is 28.2 Å². The van der Waals surface area contributed by atoms with Gasteiger partial charge in [-0.15, -0.1) is 0 Å². The van der Waals surface area contributed by atoms with Crippen LogP contribution in [0.15, 0.2) is 103 Å². The van der Waals surface area contributed by atoms with E-state index in [1.165, 1.54) is 48.5 Å². The van der Waals surface area contributed by atoms with Gasteiger partial charge in [-0.25, -0.2) is 9.59 Å². The van der Waals surface area contributed by atoms with E-state index in [4.69, 9.17) is 24.7 Å². The van der Waals surface area contributed by atoms with Crippen LogP contribution in [-0.4, -0.2) is 32.4 Å². The molecule has 2 spiro atoms. The van der Waals surface area contributed by atoms with Crippen molar-refractivity contribution in [3.8, 4) is 46.0 Å². The van der Waals surface area contributed by atoms with Crippen molar-refractivity contribution in [3.05, 3.63) is 148 Å². The number of fused-ring (bicyclic) bond motifs is 12. The second-order valence-corrected chi connectivity index (χ2v) is 12.9. The third kappa shape index (κ3) is 3.69. The largest absolute Gasteiger partial charge is 0.508 e. The molecule has 6 aromatic carbocycles. The molecule has 4 aliphatic rings. The first-order chi connectivity index (χ1) is 25.1. The molecule has 0 bridgehead atoms. The quantitative estimate of drug-likeness (QED) is 0.0808. The molecule has 52 heavy (non-hydrogen) atoms. The molecule has 4 heterocycles. The van der Waals surface area contributed by atoms with Gasteiger partial charge in [-0.2, -0.15) is 0 Å². The molecule has 12 nitrogen and oxygen atoms in total. The number of phenols is 4. The highest BCUT2D eigenvalue weighted by molar-refractivity contribution is 6.07. The van der Waals surface area contributed by atoms with Crippen molar-refractivity contribution < 1.29 is 49.0 Å². The van der Waals surface area contributed by atoms with E-state index in [2.05, 4.69) is 5.32 Å². The number of hydrogen-bond donors (Lipinski definition) is 6. The minimum absolute atomic E-state index is 0.0536. The number of aromatic hydroxyl groups is 4. The number of nitrogens with one attached hydrogen (secondary N) is 1. The van der Waals surface area contributed by atoms with Gasteiger partial charge in [0, 0.05) is 57.6 Å². The third-order valence-electron chi connectivity index (χ3n) is 10.1. The molecule has 0 aliphatic carbocycles. The Morgan fingerprint density at radius 3 is 1.35 bits per heavy atom. The van der Waals surface area contributed by atoms with Crippen LogP contribution in [0.5, 0.6) is 46.0 Å². The summed E-state index contributed by atoms with van der Waals surface area (Å²) in [7, 11) is 0. The van der Waals surface area contributed by atoms with Crippen LogP contribution in [0.25, 0.3) is 0 Å². The normalized spacial score (nSPS) is 15.9. The Hall–Kier alpha value is -7.34. The first-order valence-corrected chi connectivity index (χ1v) is 16.1. The summed E-state index contributed by atoms with van der Waals surface area (Å²) in [5.41, 5.74) is 7.48. The highest BCUT2D eigenvalue weighted by Gasteiger charge is 2.56. The van der Waals surface area contributed by atoms with Crippen LogP contribution < -0.4 is 20.5 Å². The van der Waals surface area contributed by atoms with E-state index in [0.29, 0.717) is 44.8 Å². The zero-order chi connectivity index (χ0) is 35.7. The van der Waals surface area contributed by atoms with Gasteiger partial charge in [-0.3, -0.25) is 0 Å². The summed E-state index contributed by atoms with van der Waals surface area (Å²) >= 11 is 0. The van der Waals surface area contributed by atoms with Gasteiger partial charge in [0.15, 0.2) is 11.2 Å². The van der Waals surface area contributed by atoms with Crippen molar-refractivity contribution in [2.45, 2.75) is 11.2 Å². The average Bonchev–Trinajstić information content (AvgIpc) is 3.57. The lowest BCUT2D eigenvalue weighted by Crippen LogP contribution is -2.32. The van der Waals surface area contributed by atoms with Crippen LogP contribution in [-0.2, 0) is 20.7 Å². The fraction of sp³-hybridized carbons (Fsp3) is 0.0500. The van der Waals surface area contributed by atoms with Crippen LogP contribution in [0.1, 0.15) is 54.1 Å². The van der Waals surface area contributed by atoms with Crippen LogP contribution in [0.2, 0.25) is 0 Å². The zero-order valence-corrected chi connectivity index (χ0v) is 26.6. The molecule has 10 rings (SSSR count). The molecule has 0 unspecified atom stereocenters. The number of nitrogen functional groups attached to an aromatic ring is 1. The molecule has 4 aliphatic heterocycles. The second-order valence-electron chi connectivity index (χ2n) is 12.9. The molecule has 0 amide bonds. The van der Waals surface area contributed by atoms with Crippen LogP contribution >= 0.6 is 0 Å². The molecule has 0 saturated carbocycles. The standard InChI is InChI=1S/C40H24N2O10/c41-36-29(13-12-27-35(36)38(48)52-40(27)24-10-6-20(45)16-32(24)50-33-17-21(46)7-11-25(33)40)42-28-3-1-2-26-34(28)37(47)51-39(26)22-8-4-18(43)14-30(22)49-31-15-19(44)5-9-23(31)39/h1-17,42-46H,41H2. The number of phenolic OH excluding ortho intramolecular Hbond substituents is 4. The third-order valence-corrected chi connectivity index (χ3v) is 10.1. The highest BCUT2D eigenvalue weighted by Crippen LogP contribution is 2.60. The van der Waals surface area contributed by atoms with E-state index in [-0.39, 0.29) is 62.8 Å². The van der Waals surface area contributed by atoms with Gasteiger partial charge in [0.25, 0.3) is 0 Å². The smallest absolute Gasteiger partial charge is 0.342 e. The molecule has 0 radical (unpaired) electrons. The zero-order valence-electron chi connectivity index (χ0n) is 26.6. The van der Waals surface area contributed by atoms with Crippen LogP contribution in [0.3, 0.4) is 0 Å². The number of rotatable bonds is 2. The first-order valence-electron chi connectivity index (χ1n) is 16.1. The molecule has 0 atom stereocenters. The van der Waals surface area contributed by atoms with Gasteiger partial charge >= 0.3 is 11.9 Å². The summed E-state index contributed by atoms with van der Waals surface area (Å²) in [6.07, 6.45) is 0. The van der Waals surface area contributed by atoms with Crippen LogP contribution in [0.4, 0.5) is 17.1 Å². The molecule has 0 aromatic heterocycles. The topological polar surface area (TPSA) is 190 Å². The minimum Gasteiger partial charge on any atom is -0.508 e. The maximum Gasteiger partial charge on any atom is 0.342 e. The van der Waals surface area contributed by atoms with Gasteiger partial charge in [0.1, 0.15) is 46.0 Å². The fourth-order valence-electron chi connectivity index (χ4n) is 7.92. The van der Waals surface area contributed by atoms with E-state index in [1.54, 1.807) is 54.6 Å². The number of esters is 2. The van der Waals surface area contributed by atoms with E-state index in [1.807, 2.05) is 0 Å².